The summed E-state index contributed by atoms with van der Waals surface area (Å²) < 4.78 is 5.81. The first kappa shape index (κ1) is 10.3. The van der Waals surface area contributed by atoms with Gasteiger partial charge in [-0.1, -0.05) is 32.0 Å². The van der Waals surface area contributed by atoms with Crippen LogP contribution in [0.5, 0.6) is 5.75 Å². The monoisotopic (exact) mass is 226 g/mol. The van der Waals surface area contributed by atoms with Crippen molar-refractivity contribution in [3.63, 3.8) is 0 Å². The fourth-order valence-corrected chi connectivity index (χ4v) is 2.33. The lowest BCUT2D eigenvalue weighted by Gasteiger charge is -2.30. The van der Waals surface area contributed by atoms with E-state index in [1.807, 2.05) is 30.3 Å². The van der Waals surface area contributed by atoms with E-state index in [0.29, 0.717) is 17.8 Å². The summed E-state index contributed by atoms with van der Waals surface area (Å²) in [5.74, 6) is 1.71. The van der Waals surface area contributed by atoms with Crippen LogP contribution in [0.25, 0.3) is 6.08 Å². The molecule has 1 heterocycles. The van der Waals surface area contributed by atoms with Crippen LogP contribution in [0.2, 0.25) is 0 Å². The minimum Gasteiger partial charge on any atom is -0.456 e. The summed E-state index contributed by atoms with van der Waals surface area (Å²) in [4.78, 5) is 12.1. The Labute approximate surface area is 101 Å². The summed E-state index contributed by atoms with van der Waals surface area (Å²) in [5, 5.41) is 0. The molecule has 86 valence electrons. The zero-order valence-electron chi connectivity index (χ0n) is 9.99. The third kappa shape index (κ3) is 1.70. The minimum absolute atomic E-state index is 0.115. The predicted molar refractivity (Wildman–Crippen MR) is 66.5 cm³/mol. The van der Waals surface area contributed by atoms with Gasteiger partial charge >= 0.3 is 0 Å². The van der Waals surface area contributed by atoms with Crippen LogP contribution in [0, 0.1) is 5.41 Å². The molecular weight excluding hydrogens is 212 g/mol. The molecule has 0 bridgehead atoms. The van der Waals surface area contributed by atoms with Gasteiger partial charge in [0, 0.05) is 12.0 Å². The summed E-state index contributed by atoms with van der Waals surface area (Å²) in [7, 11) is 0. The Balaban J connectivity index is 2.16. The Morgan fingerprint density at radius 3 is 2.82 bits per heavy atom. The number of hydrogen-bond donors (Lipinski definition) is 0. The summed E-state index contributed by atoms with van der Waals surface area (Å²) in [6.07, 6.45) is 4.53. The molecule has 1 aromatic carbocycles. The lowest BCUT2D eigenvalue weighted by Crippen LogP contribution is -2.26. The summed E-state index contributed by atoms with van der Waals surface area (Å²) in [6, 6.07) is 7.78. The third-order valence-electron chi connectivity index (χ3n) is 3.14. The highest BCUT2D eigenvalue weighted by Crippen LogP contribution is 2.40. The SMILES string of the molecule is CC1(C)C=C2Oc3ccccc3C=C2C(=O)C1. The molecule has 0 N–H and O–H groups in total. The van der Waals surface area contributed by atoms with Crippen LogP contribution < -0.4 is 4.74 Å². The van der Waals surface area contributed by atoms with E-state index in [1.54, 1.807) is 0 Å². The van der Waals surface area contributed by atoms with Gasteiger partial charge in [0.15, 0.2) is 5.78 Å². The first-order valence-corrected chi connectivity index (χ1v) is 5.80. The second-order valence-electron chi connectivity index (χ2n) is 5.30. The molecule has 2 heteroatoms. The molecule has 0 spiro atoms. The standard InChI is InChI=1S/C15H14O2/c1-15(2)8-12(16)11-7-10-5-3-4-6-13(10)17-14(11)9-15/h3-7,9H,8H2,1-2H3. The van der Waals surface area contributed by atoms with Gasteiger partial charge in [-0.3, -0.25) is 4.79 Å². The van der Waals surface area contributed by atoms with Crippen molar-refractivity contribution in [3.8, 4) is 5.75 Å². The second kappa shape index (κ2) is 3.33. The van der Waals surface area contributed by atoms with Crippen molar-refractivity contribution in [1.82, 2.24) is 0 Å². The molecule has 0 fully saturated rings. The molecule has 1 aliphatic carbocycles. The molecule has 0 amide bonds. The van der Waals surface area contributed by atoms with Crippen LogP contribution in [0.4, 0.5) is 0 Å². The fourth-order valence-electron chi connectivity index (χ4n) is 2.33. The third-order valence-corrected chi connectivity index (χ3v) is 3.14. The summed E-state index contributed by atoms with van der Waals surface area (Å²) in [6.45, 7) is 4.11. The van der Waals surface area contributed by atoms with Gasteiger partial charge < -0.3 is 4.74 Å². The molecule has 2 aliphatic rings. The highest BCUT2D eigenvalue weighted by Gasteiger charge is 2.33. The molecule has 1 aliphatic heterocycles. The van der Waals surface area contributed by atoms with E-state index in [1.165, 1.54) is 0 Å². The van der Waals surface area contributed by atoms with Gasteiger partial charge in [-0.05, 0) is 23.6 Å². The molecule has 2 nitrogen and oxygen atoms in total. The van der Waals surface area contributed by atoms with E-state index in [2.05, 4.69) is 19.9 Å². The summed E-state index contributed by atoms with van der Waals surface area (Å²) >= 11 is 0. The van der Waals surface area contributed by atoms with Crippen molar-refractivity contribution in [2.75, 3.05) is 0 Å². The number of allylic oxidation sites excluding steroid dienone is 2. The normalized spacial score (nSPS) is 20.7. The van der Waals surface area contributed by atoms with Crippen LogP contribution in [0.3, 0.4) is 0 Å². The molecule has 0 saturated carbocycles. The molecule has 0 unspecified atom stereocenters. The number of para-hydroxylation sites is 1. The molecular formula is C15H14O2. The van der Waals surface area contributed by atoms with Gasteiger partial charge in [0.2, 0.25) is 0 Å². The van der Waals surface area contributed by atoms with E-state index >= 15 is 0 Å². The Morgan fingerprint density at radius 1 is 1.24 bits per heavy atom. The van der Waals surface area contributed by atoms with Crippen molar-refractivity contribution < 1.29 is 9.53 Å². The smallest absolute Gasteiger partial charge is 0.167 e. The lowest BCUT2D eigenvalue weighted by atomic mass is 9.78. The largest absolute Gasteiger partial charge is 0.456 e. The van der Waals surface area contributed by atoms with Crippen LogP contribution in [-0.2, 0) is 4.79 Å². The molecule has 0 aromatic heterocycles. The Morgan fingerprint density at radius 2 is 2.00 bits per heavy atom. The van der Waals surface area contributed by atoms with E-state index in [4.69, 9.17) is 4.74 Å². The van der Waals surface area contributed by atoms with E-state index in [9.17, 15) is 4.79 Å². The molecule has 0 atom stereocenters. The number of carbonyl (C=O) groups excluding carboxylic acids is 1. The van der Waals surface area contributed by atoms with Crippen LogP contribution in [0.15, 0.2) is 41.7 Å². The van der Waals surface area contributed by atoms with Crippen LogP contribution in [0.1, 0.15) is 25.8 Å². The number of ketones is 1. The average Bonchev–Trinajstić information content (AvgIpc) is 2.25. The molecule has 0 radical (unpaired) electrons. The van der Waals surface area contributed by atoms with Gasteiger partial charge in [-0.25, -0.2) is 0 Å². The van der Waals surface area contributed by atoms with E-state index in [-0.39, 0.29) is 11.2 Å². The number of ether oxygens (including phenoxy) is 1. The average molecular weight is 226 g/mol. The Hall–Kier alpha value is -1.83. The zero-order chi connectivity index (χ0) is 12.0. The van der Waals surface area contributed by atoms with Gasteiger partial charge in [-0.15, -0.1) is 0 Å². The van der Waals surface area contributed by atoms with Crippen LogP contribution >= 0.6 is 0 Å². The molecule has 3 rings (SSSR count). The molecule has 1 aromatic rings. The summed E-state index contributed by atoms with van der Waals surface area (Å²) in [5.41, 5.74) is 1.58. The van der Waals surface area contributed by atoms with Gasteiger partial charge in [0.25, 0.3) is 0 Å². The maximum atomic E-state index is 12.1. The second-order valence-corrected chi connectivity index (χ2v) is 5.30. The number of Topliss-reactive ketones (excluding diaryl/α,β-unsaturated/α-hetero) is 1. The van der Waals surface area contributed by atoms with Gasteiger partial charge in [0.05, 0.1) is 5.57 Å². The topological polar surface area (TPSA) is 26.3 Å². The Bertz CT molecular complexity index is 562. The van der Waals surface area contributed by atoms with Gasteiger partial charge in [-0.2, -0.15) is 0 Å². The van der Waals surface area contributed by atoms with E-state index < -0.39 is 0 Å². The van der Waals surface area contributed by atoms with Crippen molar-refractivity contribution in [2.24, 2.45) is 5.41 Å². The molecule has 0 saturated heterocycles. The maximum Gasteiger partial charge on any atom is 0.167 e. The van der Waals surface area contributed by atoms with Crippen LogP contribution in [-0.4, -0.2) is 5.78 Å². The molecule has 17 heavy (non-hydrogen) atoms. The first-order chi connectivity index (χ1) is 8.05. The lowest BCUT2D eigenvalue weighted by molar-refractivity contribution is -0.117. The fraction of sp³-hybridized carbons (Fsp3) is 0.267. The number of fused-ring (bicyclic) bond motifs is 2. The Kier molecular flexibility index (Phi) is 2.02. The minimum atomic E-state index is -0.115. The highest BCUT2D eigenvalue weighted by molar-refractivity contribution is 6.05. The van der Waals surface area contributed by atoms with Crippen molar-refractivity contribution in [1.29, 1.82) is 0 Å². The number of carbonyl (C=O) groups is 1. The predicted octanol–water partition coefficient (Wildman–Crippen LogP) is 3.35. The first-order valence-electron chi connectivity index (χ1n) is 5.80. The highest BCUT2D eigenvalue weighted by atomic mass is 16.5. The number of benzene rings is 1. The van der Waals surface area contributed by atoms with Gasteiger partial charge in [0.1, 0.15) is 11.5 Å². The quantitative estimate of drug-likeness (QED) is 0.678. The number of rotatable bonds is 0. The number of hydrogen-bond acceptors (Lipinski definition) is 2. The van der Waals surface area contributed by atoms with Crippen molar-refractivity contribution in [3.05, 3.63) is 47.2 Å². The van der Waals surface area contributed by atoms with Crippen molar-refractivity contribution in [2.45, 2.75) is 20.3 Å². The van der Waals surface area contributed by atoms with Crippen molar-refractivity contribution >= 4 is 11.9 Å². The maximum absolute atomic E-state index is 12.1. The zero-order valence-corrected chi connectivity index (χ0v) is 9.99. The van der Waals surface area contributed by atoms with E-state index in [0.717, 1.165) is 11.3 Å².